The molecule has 1 amide bonds. The zero-order valence-corrected chi connectivity index (χ0v) is 24.4. The van der Waals surface area contributed by atoms with E-state index in [-0.39, 0.29) is 47.1 Å². The van der Waals surface area contributed by atoms with Gasteiger partial charge < -0.3 is 24.9 Å². The third-order valence-electron chi connectivity index (χ3n) is 6.85. The monoisotopic (exact) mass is 539 g/mol. The van der Waals surface area contributed by atoms with Crippen LogP contribution in [0.25, 0.3) is 11.1 Å². The molecule has 0 saturated carbocycles. The second-order valence-corrected chi connectivity index (χ2v) is 9.41. The summed E-state index contributed by atoms with van der Waals surface area (Å²) in [5.74, 6) is -0.751. The first-order valence-corrected chi connectivity index (χ1v) is 12.7. The van der Waals surface area contributed by atoms with Crippen molar-refractivity contribution in [2.45, 2.75) is 19.5 Å². The molecule has 194 valence electrons. The number of anilines is 1. The predicted octanol–water partition coefficient (Wildman–Crippen LogP) is 1.48. The summed E-state index contributed by atoms with van der Waals surface area (Å²) in [6, 6.07) is 29.1. The maximum absolute atomic E-state index is 13.0. The molecule has 1 heterocycles. The second-order valence-electron chi connectivity index (χ2n) is 9.41. The van der Waals surface area contributed by atoms with Gasteiger partial charge in [-0.1, -0.05) is 60.7 Å². The summed E-state index contributed by atoms with van der Waals surface area (Å²) in [6.45, 7) is 3.73. The number of carbonyl (C=O) groups excluding carboxylic acids is 2. The number of carboxylic acid groups (broad SMARTS) is 1. The fourth-order valence-electron chi connectivity index (χ4n) is 4.72. The minimum atomic E-state index is -1.20. The van der Waals surface area contributed by atoms with Crippen LogP contribution in [0.15, 0.2) is 91.0 Å². The number of nitrogens with one attached hydrogen (secondary N) is 1. The molecule has 7 nitrogen and oxygen atoms in total. The van der Waals surface area contributed by atoms with E-state index < -0.39 is 5.97 Å². The van der Waals surface area contributed by atoms with Gasteiger partial charge in [0.1, 0.15) is 12.4 Å². The minimum Gasteiger partial charge on any atom is -0.545 e. The van der Waals surface area contributed by atoms with Crippen molar-refractivity contribution in [3.8, 4) is 22.9 Å². The zero-order chi connectivity index (χ0) is 27.4. The van der Waals surface area contributed by atoms with Crippen LogP contribution in [0, 0.1) is 11.3 Å². The van der Waals surface area contributed by atoms with Crippen LogP contribution in [0.5, 0.6) is 5.75 Å². The van der Waals surface area contributed by atoms with Crippen LogP contribution in [0.2, 0.25) is 0 Å². The summed E-state index contributed by atoms with van der Waals surface area (Å²) < 4.78 is 5.90. The molecule has 1 atom stereocenters. The second kappa shape index (κ2) is 12.8. The summed E-state index contributed by atoms with van der Waals surface area (Å²) in [7, 11) is 0. The fourth-order valence-corrected chi connectivity index (χ4v) is 4.72. The Hall–Kier alpha value is -4.09. The van der Waals surface area contributed by atoms with E-state index >= 15 is 0 Å². The first kappa shape index (κ1) is 28.9. The summed E-state index contributed by atoms with van der Waals surface area (Å²) in [4.78, 5) is 26.6. The number of amides is 1. The Balaban J connectivity index is 0.00000370. The van der Waals surface area contributed by atoms with Gasteiger partial charge in [-0.2, -0.15) is 5.26 Å². The minimum absolute atomic E-state index is 0. The number of nitrogens with zero attached hydrogens (tertiary/aromatic N) is 2. The molecule has 1 aliphatic heterocycles. The molecule has 1 aliphatic rings. The van der Waals surface area contributed by atoms with Crippen LogP contribution >= 0.6 is 0 Å². The number of carbonyl (C=O) groups is 2. The number of fused-ring (bicyclic) bond motifs is 1. The van der Waals surface area contributed by atoms with Gasteiger partial charge in [-0.05, 0) is 59.5 Å². The predicted molar refractivity (Wildman–Crippen MR) is 146 cm³/mol. The maximum atomic E-state index is 13.0. The van der Waals surface area contributed by atoms with E-state index in [0.29, 0.717) is 42.1 Å². The molecule has 0 radical (unpaired) electrons. The van der Waals surface area contributed by atoms with E-state index in [1.807, 2.05) is 55.5 Å². The van der Waals surface area contributed by atoms with Gasteiger partial charge >= 0.3 is 29.6 Å². The average molecular weight is 540 g/mol. The Kier molecular flexibility index (Phi) is 9.28. The van der Waals surface area contributed by atoms with Crippen molar-refractivity contribution in [1.82, 2.24) is 5.32 Å². The van der Waals surface area contributed by atoms with E-state index in [1.54, 1.807) is 42.5 Å². The average Bonchev–Trinajstić information content (AvgIpc) is 2.97. The third-order valence-corrected chi connectivity index (χ3v) is 6.85. The van der Waals surface area contributed by atoms with Crippen LogP contribution in [-0.2, 0) is 6.54 Å². The molecule has 0 bridgehead atoms. The molecule has 0 saturated heterocycles. The van der Waals surface area contributed by atoms with Crippen molar-refractivity contribution in [2.75, 3.05) is 18.1 Å². The summed E-state index contributed by atoms with van der Waals surface area (Å²) >= 11 is 0. The van der Waals surface area contributed by atoms with Gasteiger partial charge in [0, 0.05) is 17.7 Å². The molecular formula is C32H26N3NaO4. The van der Waals surface area contributed by atoms with Gasteiger partial charge in [0.15, 0.2) is 0 Å². The van der Waals surface area contributed by atoms with E-state index in [1.165, 1.54) is 0 Å². The van der Waals surface area contributed by atoms with Crippen molar-refractivity contribution >= 4 is 17.6 Å². The number of nitriles is 1. The normalized spacial score (nSPS) is 12.7. The van der Waals surface area contributed by atoms with E-state index in [2.05, 4.69) is 16.3 Å². The molecule has 8 heteroatoms. The number of rotatable bonds is 7. The molecule has 4 aromatic carbocycles. The molecule has 0 aliphatic carbocycles. The summed E-state index contributed by atoms with van der Waals surface area (Å²) in [5.41, 5.74) is 5.57. The van der Waals surface area contributed by atoms with Gasteiger partial charge in [0.25, 0.3) is 5.91 Å². The number of benzene rings is 4. The molecule has 0 unspecified atom stereocenters. The van der Waals surface area contributed by atoms with Crippen molar-refractivity contribution in [3.63, 3.8) is 0 Å². The third kappa shape index (κ3) is 6.37. The van der Waals surface area contributed by atoms with Crippen LogP contribution in [0.3, 0.4) is 0 Å². The van der Waals surface area contributed by atoms with E-state index in [4.69, 9.17) is 10.00 Å². The summed E-state index contributed by atoms with van der Waals surface area (Å²) in [5, 5.41) is 23.5. The van der Waals surface area contributed by atoms with Crippen LogP contribution < -0.4 is 49.6 Å². The van der Waals surface area contributed by atoms with Crippen molar-refractivity contribution in [3.05, 3.63) is 119 Å². The Bertz CT molecular complexity index is 1560. The number of hydrogen-bond acceptors (Lipinski definition) is 6. The topological polar surface area (TPSA) is 105 Å². The molecule has 0 spiro atoms. The smallest absolute Gasteiger partial charge is 0.545 e. The molecular weight excluding hydrogens is 513 g/mol. The Morgan fingerprint density at radius 1 is 1.02 bits per heavy atom. The van der Waals surface area contributed by atoms with Gasteiger partial charge in [0.2, 0.25) is 0 Å². The standard InChI is InChI=1S/C32H27N3O4.Na/c1-21(24-10-6-22(19-33)7-11-24)34-31(36)26-14-15-29-30(18-26)39-17-16-35(29)20-23-8-12-25(13-9-23)27-4-2-3-5-28(27)32(37)38;/h2-15,18,21H,16-17,20H2,1H3,(H,34,36)(H,37,38);/q;+1/p-1/t21-;/m0./s1. The Morgan fingerprint density at radius 2 is 1.75 bits per heavy atom. The van der Waals surface area contributed by atoms with Crippen LogP contribution in [-0.4, -0.2) is 25.0 Å². The van der Waals surface area contributed by atoms with Gasteiger partial charge in [-0.15, -0.1) is 0 Å². The van der Waals surface area contributed by atoms with Gasteiger partial charge in [-0.25, -0.2) is 0 Å². The van der Waals surface area contributed by atoms with Gasteiger partial charge in [0.05, 0.1) is 35.9 Å². The summed E-state index contributed by atoms with van der Waals surface area (Å²) in [6.07, 6.45) is 0. The first-order valence-electron chi connectivity index (χ1n) is 12.7. The van der Waals surface area contributed by atoms with E-state index in [0.717, 1.165) is 22.4 Å². The van der Waals surface area contributed by atoms with Crippen molar-refractivity contribution < 1.29 is 49.0 Å². The van der Waals surface area contributed by atoms with Crippen molar-refractivity contribution in [1.29, 1.82) is 5.26 Å². The number of aromatic carboxylic acids is 1. The molecule has 0 aromatic heterocycles. The molecule has 40 heavy (non-hydrogen) atoms. The number of carboxylic acids is 1. The Labute approximate surface area is 255 Å². The molecule has 4 aromatic rings. The largest absolute Gasteiger partial charge is 1.00 e. The molecule has 1 N–H and O–H groups in total. The first-order chi connectivity index (χ1) is 18.9. The Morgan fingerprint density at radius 3 is 2.45 bits per heavy atom. The van der Waals surface area contributed by atoms with Crippen molar-refractivity contribution in [2.24, 2.45) is 0 Å². The number of hydrogen-bond donors (Lipinski definition) is 1. The quantitative estimate of drug-likeness (QED) is 0.357. The number of ether oxygens (including phenoxy) is 1. The van der Waals surface area contributed by atoms with Crippen LogP contribution in [0.4, 0.5) is 5.69 Å². The maximum Gasteiger partial charge on any atom is 1.00 e. The SMILES string of the molecule is C[C@H](NC(=O)c1ccc2c(c1)OCCN2Cc1ccc(-c2ccccc2C(=O)[O-])cc1)c1ccc(C#N)cc1.[Na+]. The molecule has 0 fully saturated rings. The van der Waals surface area contributed by atoms with E-state index in [9.17, 15) is 14.7 Å². The van der Waals surface area contributed by atoms with Gasteiger partial charge in [-0.3, -0.25) is 4.79 Å². The molecule has 5 rings (SSSR count). The fraction of sp³-hybridized carbons (Fsp3) is 0.156. The zero-order valence-electron chi connectivity index (χ0n) is 22.4. The van der Waals surface area contributed by atoms with Crippen LogP contribution in [0.1, 0.15) is 50.4 Å².